The van der Waals surface area contributed by atoms with Gasteiger partial charge in [-0.25, -0.2) is 0 Å². The summed E-state index contributed by atoms with van der Waals surface area (Å²) in [7, 11) is 1.57. The van der Waals surface area contributed by atoms with Crippen molar-refractivity contribution in [1.82, 2.24) is 9.88 Å². The monoisotopic (exact) mass is 415 g/mol. The minimum atomic E-state index is -0.808. The molecular formula is C25H25N3O3. The predicted octanol–water partition coefficient (Wildman–Crippen LogP) is 3.32. The first-order chi connectivity index (χ1) is 15.0. The first-order valence-corrected chi connectivity index (χ1v) is 10.2. The maximum atomic E-state index is 13.1. The number of pyridine rings is 1. The molecule has 0 spiro atoms. The fourth-order valence-electron chi connectivity index (χ4n) is 4.27. The number of benzene rings is 2. The van der Waals surface area contributed by atoms with Gasteiger partial charge in [-0.2, -0.15) is 0 Å². The Balaban J connectivity index is 1.61. The van der Waals surface area contributed by atoms with Gasteiger partial charge in [0, 0.05) is 31.0 Å². The molecule has 1 aliphatic heterocycles. The standard InChI is InChI=1S/C25H25N3O3/c1-31-21-7-4-6-19(15-21)23(29)28-14-11-25(17-28,24(26)30)16-20-5-2-3-8-22(20)18-9-12-27-13-10-18/h2-10,12-13,15H,11,14,16-17H2,1H3,(H2,26,30)/t25-/m0/s1. The van der Waals surface area contributed by atoms with Crippen molar-refractivity contribution in [2.45, 2.75) is 12.8 Å². The van der Waals surface area contributed by atoms with Gasteiger partial charge in [-0.05, 0) is 59.9 Å². The van der Waals surface area contributed by atoms with Gasteiger partial charge < -0.3 is 15.4 Å². The lowest BCUT2D eigenvalue weighted by atomic mass is 9.78. The third-order valence-corrected chi connectivity index (χ3v) is 6.02. The Morgan fingerprint density at radius 1 is 1.10 bits per heavy atom. The highest BCUT2D eigenvalue weighted by molar-refractivity contribution is 5.95. The molecule has 1 aliphatic rings. The van der Waals surface area contributed by atoms with Gasteiger partial charge in [-0.1, -0.05) is 30.3 Å². The van der Waals surface area contributed by atoms with Crippen LogP contribution in [0, 0.1) is 5.41 Å². The molecule has 6 nitrogen and oxygen atoms in total. The summed E-state index contributed by atoms with van der Waals surface area (Å²) in [6.45, 7) is 0.777. The van der Waals surface area contributed by atoms with E-state index in [0.717, 1.165) is 16.7 Å². The zero-order chi connectivity index (χ0) is 21.8. The molecule has 2 amide bonds. The van der Waals surface area contributed by atoms with Crippen molar-refractivity contribution in [3.05, 3.63) is 84.2 Å². The Bertz CT molecular complexity index is 1100. The second kappa shape index (κ2) is 8.60. The van der Waals surface area contributed by atoms with Gasteiger partial charge in [0.15, 0.2) is 0 Å². The smallest absolute Gasteiger partial charge is 0.254 e. The van der Waals surface area contributed by atoms with Gasteiger partial charge in [-0.3, -0.25) is 14.6 Å². The number of ether oxygens (including phenoxy) is 1. The van der Waals surface area contributed by atoms with E-state index in [1.165, 1.54) is 0 Å². The maximum absolute atomic E-state index is 13.1. The van der Waals surface area contributed by atoms with Crippen molar-refractivity contribution in [3.8, 4) is 16.9 Å². The fourth-order valence-corrected chi connectivity index (χ4v) is 4.27. The van der Waals surface area contributed by atoms with E-state index in [0.29, 0.717) is 37.2 Å². The zero-order valence-electron chi connectivity index (χ0n) is 17.5. The Morgan fingerprint density at radius 2 is 1.87 bits per heavy atom. The van der Waals surface area contributed by atoms with E-state index in [1.807, 2.05) is 36.4 Å². The molecule has 1 atom stereocenters. The van der Waals surface area contributed by atoms with E-state index in [4.69, 9.17) is 10.5 Å². The van der Waals surface area contributed by atoms with E-state index in [9.17, 15) is 9.59 Å². The van der Waals surface area contributed by atoms with Crippen molar-refractivity contribution < 1.29 is 14.3 Å². The van der Waals surface area contributed by atoms with Crippen molar-refractivity contribution in [3.63, 3.8) is 0 Å². The maximum Gasteiger partial charge on any atom is 0.254 e. The first-order valence-electron chi connectivity index (χ1n) is 10.2. The van der Waals surface area contributed by atoms with E-state index < -0.39 is 5.41 Å². The number of amides is 2. The molecule has 3 aromatic rings. The molecule has 0 aliphatic carbocycles. The van der Waals surface area contributed by atoms with E-state index in [-0.39, 0.29) is 11.8 Å². The van der Waals surface area contributed by atoms with Crippen LogP contribution >= 0.6 is 0 Å². The summed E-state index contributed by atoms with van der Waals surface area (Å²) >= 11 is 0. The third-order valence-electron chi connectivity index (χ3n) is 6.02. The molecule has 158 valence electrons. The Labute approximate surface area is 181 Å². The van der Waals surface area contributed by atoms with Crippen LogP contribution in [0.1, 0.15) is 22.3 Å². The number of nitrogens with zero attached hydrogens (tertiary/aromatic N) is 2. The third kappa shape index (κ3) is 4.14. The van der Waals surface area contributed by atoms with E-state index in [2.05, 4.69) is 4.98 Å². The van der Waals surface area contributed by atoms with Crippen LogP contribution in [0.3, 0.4) is 0 Å². The van der Waals surface area contributed by atoms with Gasteiger partial charge in [0.1, 0.15) is 5.75 Å². The normalized spacial score (nSPS) is 18.0. The van der Waals surface area contributed by atoms with Gasteiger partial charge in [-0.15, -0.1) is 0 Å². The second-order valence-electron chi connectivity index (χ2n) is 7.92. The van der Waals surface area contributed by atoms with Gasteiger partial charge >= 0.3 is 0 Å². The molecule has 0 bridgehead atoms. The molecule has 1 fully saturated rings. The molecular weight excluding hydrogens is 390 g/mol. The number of nitrogens with two attached hydrogens (primary N) is 1. The number of likely N-dealkylation sites (tertiary alicyclic amines) is 1. The molecule has 2 N–H and O–H groups in total. The van der Waals surface area contributed by atoms with E-state index >= 15 is 0 Å². The van der Waals surface area contributed by atoms with E-state index in [1.54, 1.807) is 48.7 Å². The summed E-state index contributed by atoms with van der Waals surface area (Å²) in [6.07, 6.45) is 4.51. The lowest BCUT2D eigenvalue weighted by Crippen LogP contribution is -2.42. The molecule has 0 saturated carbocycles. The lowest BCUT2D eigenvalue weighted by molar-refractivity contribution is -0.126. The minimum absolute atomic E-state index is 0.121. The number of primary amides is 1. The largest absolute Gasteiger partial charge is 0.497 e. The Morgan fingerprint density at radius 3 is 2.61 bits per heavy atom. The van der Waals surface area contributed by atoms with Crippen LogP contribution in [0.4, 0.5) is 0 Å². The number of hydrogen-bond acceptors (Lipinski definition) is 4. The molecule has 2 aromatic carbocycles. The van der Waals surface area contributed by atoms with Crippen molar-refractivity contribution in [1.29, 1.82) is 0 Å². The van der Waals surface area contributed by atoms with Crippen LogP contribution in [0.25, 0.3) is 11.1 Å². The molecule has 1 aromatic heterocycles. The average molecular weight is 415 g/mol. The summed E-state index contributed by atoms with van der Waals surface area (Å²) in [5.41, 5.74) is 8.75. The van der Waals surface area contributed by atoms with Crippen molar-refractivity contribution >= 4 is 11.8 Å². The summed E-state index contributed by atoms with van der Waals surface area (Å²) in [4.78, 5) is 31.5. The molecule has 6 heteroatoms. The SMILES string of the molecule is COc1cccc(C(=O)N2CC[C@@](Cc3ccccc3-c3ccncc3)(C(N)=O)C2)c1. The zero-order valence-corrected chi connectivity index (χ0v) is 17.5. The Kier molecular flexibility index (Phi) is 5.71. The number of hydrogen-bond donors (Lipinski definition) is 1. The summed E-state index contributed by atoms with van der Waals surface area (Å²) < 4.78 is 5.23. The number of rotatable bonds is 6. The number of carbonyl (C=O) groups is 2. The minimum Gasteiger partial charge on any atom is -0.497 e. The Hall–Kier alpha value is -3.67. The number of aromatic nitrogens is 1. The van der Waals surface area contributed by atoms with Crippen molar-refractivity contribution in [2.75, 3.05) is 20.2 Å². The highest BCUT2D eigenvalue weighted by Gasteiger charge is 2.45. The van der Waals surface area contributed by atoms with Crippen LogP contribution in [0.5, 0.6) is 5.75 Å². The van der Waals surface area contributed by atoms with Gasteiger partial charge in [0.25, 0.3) is 5.91 Å². The summed E-state index contributed by atoms with van der Waals surface area (Å²) in [5.74, 6) is 0.125. The molecule has 31 heavy (non-hydrogen) atoms. The molecule has 2 heterocycles. The summed E-state index contributed by atoms with van der Waals surface area (Å²) in [6, 6.07) is 18.9. The van der Waals surface area contributed by atoms with Gasteiger partial charge in [0.2, 0.25) is 5.91 Å². The molecule has 0 unspecified atom stereocenters. The highest BCUT2D eigenvalue weighted by atomic mass is 16.5. The highest BCUT2D eigenvalue weighted by Crippen LogP contribution is 2.37. The average Bonchev–Trinajstić information content (AvgIpc) is 3.25. The predicted molar refractivity (Wildman–Crippen MR) is 119 cm³/mol. The fraction of sp³-hybridized carbons (Fsp3) is 0.240. The van der Waals surface area contributed by atoms with Crippen LogP contribution in [0.15, 0.2) is 73.1 Å². The lowest BCUT2D eigenvalue weighted by Gasteiger charge is -2.27. The number of methoxy groups -OCH3 is 1. The molecule has 0 radical (unpaired) electrons. The van der Waals surface area contributed by atoms with Crippen LogP contribution in [-0.4, -0.2) is 41.9 Å². The summed E-state index contributed by atoms with van der Waals surface area (Å²) in [5, 5.41) is 0. The first kappa shape index (κ1) is 20.6. The molecule has 4 rings (SSSR count). The van der Waals surface area contributed by atoms with Crippen LogP contribution in [-0.2, 0) is 11.2 Å². The quantitative estimate of drug-likeness (QED) is 0.669. The number of carbonyl (C=O) groups excluding carboxylic acids is 2. The second-order valence-corrected chi connectivity index (χ2v) is 7.92. The van der Waals surface area contributed by atoms with Crippen LogP contribution in [0.2, 0.25) is 0 Å². The van der Waals surface area contributed by atoms with Crippen molar-refractivity contribution in [2.24, 2.45) is 11.1 Å². The van der Waals surface area contributed by atoms with Gasteiger partial charge in [0.05, 0.1) is 12.5 Å². The topological polar surface area (TPSA) is 85.5 Å². The molecule has 1 saturated heterocycles. The van der Waals surface area contributed by atoms with Crippen LogP contribution < -0.4 is 10.5 Å².